The molecule has 0 aromatic carbocycles. The Kier molecular flexibility index (Phi) is 6.12. The van der Waals surface area contributed by atoms with Gasteiger partial charge in [-0.2, -0.15) is 11.8 Å². The molecule has 8 heteroatoms. The van der Waals surface area contributed by atoms with Crippen LogP contribution in [0.2, 0.25) is 0 Å². The van der Waals surface area contributed by atoms with Gasteiger partial charge in [0.05, 0.1) is 0 Å². The van der Waals surface area contributed by atoms with E-state index < -0.39 is 24.1 Å². The molecule has 0 radical (unpaired) electrons. The van der Waals surface area contributed by atoms with Crippen LogP contribution in [-0.2, 0) is 9.59 Å². The van der Waals surface area contributed by atoms with Gasteiger partial charge in [0.2, 0.25) is 5.91 Å². The lowest BCUT2D eigenvalue weighted by Crippen LogP contribution is -2.57. The van der Waals surface area contributed by atoms with Crippen LogP contribution in [0.1, 0.15) is 13.8 Å². The molecule has 2 unspecified atom stereocenters. The van der Waals surface area contributed by atoms with Gasteiger partial charge in [0.25, 0.3) is 0 Å². The molecule has 2 N–H and O–H groups in total. The third-order valence-electron chi connectivity index (χ3n) is 3.24. The van der Waals surface area contributed by atoms with Gasteiger partial charge >= 0.3 is 12.0 Å². The highest BCUT2D eigenvalue weighted by atomic mass is 32.2. The van der Waals surface area contributed by atoms with Gasteiger partial charge in [-0.1, -0.05) is 0 Å². The van der Waals surface area contributed by atoms with E-state index in [1.165, 1.54) is 21.6 Å². The number of urea groups is 1. The van der Waals surface area contributed by atoms with E-state index in [-0.39, 0.29) is 5.91 Å². The predicted octanol–water partition coefficient (Wildman–Crippen LogP) is 0.0648. The average Bonchev–Trinajstić information content (AvgIpc) is 2.45. The molecule has 1 heterocycles. The molecule has 0 aliphatic carbocycles. The molecule has 2 atom stereocenters. The Balaban J connectivity index is 2.64. The lowest BCUT2D eigenvalue weighted by molar-refractivity contribution is -0.141. The number of nitrogens with one attached hydrogen (secondary N) is 1. The number of aliphatic carboxylic acids is 1. The van der Waals surface area contributed by atoms with Crippen molar-refractivity contribution in [1.29, 1.82) is 0 Å². The molecule has 1 fully saturated rings. The molecule has 0 aromatic heterocycles. The maximum Gasteiger partial charge on any atom is 0.327 e. The monoisotopic (exact) mass is 303 g/mol. The van der Waals surface area contributed by atoms with Gasteiger partial charge in [0.15, 0.2) is 0 Å². The van der Waals surface area contributed by atoms with Crippen molar-refractivity contribution in [1.82, 2.24) is 15.1 Å². The van der Waals surface area contributed by atoms with E-state index in [9.17, 15) is 14.4 Å². The third-order valence-corrected chi connectivity index (χ3v) is 4.26. The zero-order chi connectivity index (χ0) is 15.3. The summed E-state index contributed by atoms with van der Waals surface area (Å²) in [5.41, 5.74) is 0. The van der Waals surface area contributed by atoms with Gasteiger partial charge in [-0.3, -0.25) is 4.79 Å². The van der Waals surface area contributed by atoms with Gasteiger partial charge < -0.3 is 20.2 Å². The smallest absolute Gasteiger partial charge is 0.327 e. The number of hydrogen-bond acceptors (Lipinski definition) is 4. The molecule has 1 saturated heterocycles. The Morgan fingerprint density at radius 1 is 1.50 bits per heavy atom. The van der Waals surface area contributed by atoms with Crippen LogP contribution in [0.4, 0.5) is 4.79 Å². The van der Waals surface area contributed by atoms with E-state index >= 15 is 0 Å². The summed E-state index contributed by atoms with van der Waals surface area (Å²) >= 11 is 1.51. The van der Waals surface area contributed by atoms with Crippen molar-refractivity contribution >= 4 is 29.7 Å². The fraction of sp³-hybridized carbons (Fsp3) is 0.750. The molecule has 0 bridgehead atoms. The molecule has 114 valence electrons. The summed E-state index contributed by atoms with van der Waals surface area (Å²) in [5.74, 6) is -0.134. The second-order valence-electron chi connectivity index (χ2n) is 4.65. The van der Waals surface area contributed by atoms with E-state index in [0.29, 0.717) is 24.6 Å². The number of likely N-dealkylation sites (N-methyl/N-ethyl adjacent to an activating group) is 1. The van der Waals surface area contributed by atoms with Gasteiger partial charge in [0, 0.05) is 31.6 Å². The van der Waals surface area contributed by atoms with Crippen molar-refractivity contribution in [2.45, 2.75) is 25.9 Å². The molecule has 20 heavy (non-hydrogen) atoms. The van der Waals surface area contributed by atoms with Crippen molar-refractivity contribution < 1.29 is 19.5 Å². The number of carboxylic acid groups (broad SMARTS) is 1. The molecule has 0 saturated carbocycles. The molecule has 1 aliphatic heterocycles. The molecule has 1 rings (SSSR count). The number of carbonyl (C=O) groups excluding carboxylic acids is 2. The van der Waals surface area contributed by atoms with E-state index in [1.54, 1.807) is 14.0 Å². The van der Waals surface area contributed by atoms with E-state index in [0.717, 1.165) is 0 Å². The van der Waals surface area contributed by atoms with Gasteiger partial charge in [-0.05, 0) is 13.8 Å². The first-order chi connectivity index (χ1) is 9.38. The number of hydrogen-bond donors (Lipinski definition) is 2. The maximum absolute atomic E-state index is 12.1. The number of amides is 3. The SMILES string of the molecule is CCN(C)C(=O)C(C)NC(=O)N1CCSCC1C(=O)O. The lowest BCUT2D eigenvalue weighted by Gasteiger charge is -2.33. The van der Waals surface area contributed by atoms with E-state index in [2.05, 4.69) is 5.32 Å². The highest BCUT2D eigenvalue weighted by Gasteiger charge is 2.33. The van der Waals surface area contributed by atoms with Gasteiger partial charge in [-0.15, -0.1) is 0 Å². The van der Waals surface area contributed by atoms with Crippen molar-refractivity contribution in [3.63, 3.8) is 0 Å². The minimum absolute atomic E-state index is 0.195. The van der Waals surface area contributed by atoms with Crippen molar-refractivity contribution in [3.05, 3.63) is 0 Å². The first-order valence-corrected chi connectivity index (χ1v) is 7.66. The largest absolute Gasteiger partial charge is 0.480 e. The Morgan fingerprint density at radius 2 is 2.15 bits per heavy atom. The molecule has 1 aliphatic rings. The number of carbonyl (C=O) groups is 3. The molecule has 0 spiro atoms. The maximum atomic E-state index is 12.1. The van der Waals surface area contributed by atoms with Crippen LogP contribution in [0.25, 0.3) is 0 Å². The summed E-state index contributed by atoms with van der Waals surface area (Å²) in [7, 11) is 1.66. The molecule has 0 aromatic rings. The highest BCUT2D eigenvalue weighted by Crippen LogP contribution is 2.16. The number of nitrogens with zero attached hydrogens (tertiary/aromatic N) is 2. The minimum Gasteiger partial charge on any atom is -0.480 e. The Morgan fingerprint density at radius 3 is 2.70 bits per heavy atom. The van der Waals surface area contributed by atoms with E-state index in [4.69, 9.17) is 5.11 Å². The summed E-state index contributed by atoms with van der Waals surface area (Å²) in [6, 6.07) is -2.00. The highest BCUT2D eigenvalue weighted by molar-refractivity contribution is 7.99. The van der Waals surface area contributed by atoms with Gasteiger partial charge in [0.1, 0.15) is 12.1 Å². The predicted molar refractivity (Wildman–Crippen MR) is 76.8 cm³/mol. The zero-order valence-electron chi connectivity index (χ0n) is 12.0. The standard InChI is InChI=1S/C12H21N3O4S/c1-4-14(3)10(16)8(2)13-12(19)15-5-6-20-7-9(15)11(17)18/h8-9H,4-7H2,1-3H3,(H,13,19)(H,17,18). The average molecular weight is 303 g/mol. The third kappa shape index (κ3) is 4.03. The fourth-order valence-corrected chi connectivity index (χ4v) is 2.91. The number of thioether (sulfide) groups is 1. The Labute approximate surface area is 122 Å². The molecule has 3 amide bonds. The van der Waals surface area contributed by atoms with Crippen LogP contribution in [0.15, 0.2) is 0 Å². The summed E-state index contributed by atoms with van der Waals surface area (Å²) in [5, 5.41) is 11.7. The van der Waals surface area contributed by atoms with Crippen LogP contribution in [0.5, 0.6) is 0 Å². The topological polar surface area (TPSA) is 90.0 Å². The Hall–Kier alpha value is -1.44. The normalized spacial score (nSPS) is 20.1. The van der Waals surface area contributed by atoms with Crippen LogP contribution < -0.4 is 5.32 Å². The first-order valence-electron chi connectivity index (χ1n) is 6.51. The fourth-order valence-electron chi connectivity index (χ4n) is 1.87. The molecule has 7 nitrogen and oxygen atoms in total. The summed E-state index contributed by atoms with van der Waals surface area (Å²) in [6.45, 7) is 4.37. The zero-order valence-corrected chi connectivity index (χ0v) is 12.8. The minimum atomic E-state index is -1.02. The first kappa shape index (κ1) is 16.6. The van der Waals surface area contributed by atoms with Crippen LogP contribution in [0.3, 0.4) is 0 Å². The van der Waals surface area contributed by atoms with Crippen molar-refractivity contribution in [2.24, 2.45) is 0 Å². The quantitative estimate of drug-likeness (QED) is 0.767. The van der Waals surface area contributed by atoms with Crippen molar-refractivity contribution in [2.75, 3.05) is 31.6 Å². The van der Waals surface area contributed by atoms with Crippen molar-refractivity contribution in [3.8, 4) is 0 Å². The second kappa shape index (κ2) is 7.37. The lowest BCUT2D eigenvalue weighted by atomic mass is 10.2. The molecular formula is C12H21N3O4S. The van der Waals surface area contributed by atoms with Crippen LogP contribution in [0, 0.1) is 0 Å². The summed E-state index contributed by atoms with van der Waals surface area (Å²) < 4.78 is 0. The molecular weight excluding hydrogens is 282 g/mol. The summed E-state index contributed by atoms with van der Waals surface area (Å²) in [6.07, 6.45) is 0. The van der Waals surface area contributed by atoms with E-state index in [1.807, 2.05) is 6.92 Å². The summed E-state index contributed by atoms with van der Waals surface area (Å²) in [4.78, 5) is 37.9. The van der Waals surface area contributed by atoms with Gasteiger partial charge in [-0.25, -0.2) is 9.59 Å². The second-order valence-corrected chi connectivity index (χ2v) is 5.80. The van der Waals surface area contributed by atoms with Crippen LogP contribution >= 0.6 is 11.8 Å². The number of rotatable bonds is 4. The Bertz CT molecular complexity index is 391. The number of carboxylic acids is 1. The van der Waals surface area contributed by atoms with Crippen LogP contribution in [-0.4, -0.2) is 76.5 Å².